The highest BCUT2D eigenvalue weighted by Crippen LogP contribution is 2.47. The molecule has 1 aliphatic heterocycles. The molecule has 3 heterocycles. The lowest BCUT2D eigenvalue weighted by Crippen LogP contribution is -2.38. The highest BCUT2D eigenvalue weighted by atomic mass is 16.3. The number of aryl methyl sites for hydroxylation is 1. The fraction of sp³-hybridized carbons (Fsp3) is 0.227. The molecule has 0 spiro atoms. The molecule has 130 valence electrons. The fourth-order valence-electron chi connectivity index (χ4n) is 4.03. The summed E-state index contributed by atoms with van der Waals surface area (Å²) in [6.45, 7) is 4.12. The predicted octanol–water partition coefficient (Wildman–Crippen LogP) is 5.61. The molecular formula is C22H21N3O. The lowest BCUT2D eigenvalue weighted by Gasteiger charge is -2.29. The zero-order valence-electron chi connectivity index (χ0n) is 17.0. The Kier molecular flexibility index (Phi) is 2.80. The Morgan fingerprint density at radius 1 is 1.12 bits per heavy atom. The van der Waals surface area contributed by atoms with Crippen molar-refractivity contribution < 1.29 is 7.16 Å². The van der Waals surface area contributed by atoms with Crippen molar-refractivity contribution >= 4 is 39.1 Å². The summed E-state index contributed by atoms with van der Waals surface area (Å²) < 4.78 is 23.0. The number of aromatic nitrogens is 1. The Bertz CT molecular complexity index is 1210. The van der Waals surface area contributed by atoms with Crippen molar-refractivity contribution in [3.63, 3.8) is 0 Å². The Morgan fingerprint density at radius 2 is 1.96 bits per heavy atom. The van der Waals surface area contributed by atoms with Gasteiger partial charge in [0.05, 0.1) is 11.4 Å². The van der Waals surface area contributed by atoms with Gasteiger partial charge in [-0.3, -0.25) is 0 Å². The molecule has 4 heteroatoms. The number of pyridine rings is 1. The first kappa shape index (κ1) is 13.2. The molecule has 0 bridgehead atoms. The molecular weight excluding hydrogens is 322 g/mol. The smallest absolute Gasteiger partial charge is 0.159 e. The zero-order valence-corrected chi connectivity index (χ0v) is 15.0. The highest BCUT2D eigenvalue weighted by molar-refractivity contribution is 6.10. The van der Waals surface area contributed by atoms with E-state index < -0.39 is 6.50 Å². The van der Waals surface area contributed by atoms with E-state index in [0.29, 0.717) is 0 Å². The topological polar surface area (TPSA) is 32.5 Å². The molecule has 5 rings (SSSR count). The maximum absolute atomic E-state index is 8.36. The zero-order chi connectivity index (χ0) is 19.6. The Balaban J connectivity index is 1.82. The fourth-order valence-corrected chi connectivity index (χ4v) is 4.03. The van der Waals surface area contributed by atoms with Crippen LogP contribution < -0.4 is 9.80 Å². The van der Waals surface area contributed by atoms with E-state index in [2.05, 4.69) is 35.0 Å². The third kappa shape index (κ3) is 1.93. The summed E-state index contributed by atoms with van der Waals surface area (Å²) in [7, 11) is 0. The normalized spacial score (nSPS) is 18.3. The number of benzene rings is 2. The Morgan fingerprint density at radius 3 is 2.81 bits per heavy atom. The number of rotatable bonds is 2. The summed E-state index contributed by atoms with van der Waals surface area (Å²) in [5.74, 6) is 0.747. The Labute approximate surface area is 155 Å². The van der Waals surface area contributed by atoms with Gasteiger partial charge in [0.15, 0.2) is 11.4 Å². The van der Waals surface area contributed by atoms with Crippen molar-refractivity contribution in [2.75, 3.05) is 16.3 Å². The quantitative estimate of drug-likeness (QED) is 0.472. The lowest BCUT2D eigenvalue weighted by molar-refractivity contribution is 0.655. The predicted molar refractivity (Wildman–Crippen MR) is 107 cm³/mol. The van der Waals surface area contributed by atoms with Crippen LogP contribution in [0.1, 0.15) is 22.2 Å². The van der Waals surface area contributed by atoms with Gasteiger partial charge in [-0.2, -0.15) is 0 Å². The van der Waals surface area contributed by atoms with E-state index in [0.717, 1.165) is 44.7 Å². The first-order valence-corrected chi connectivity index (χ1v) is 8.82. The van der Waals surface area contributed by atoms with Crippen LogP contribution in [-0.2, 0) is 0 Å². The molecule has 26 heavy (non-hydrogen) atoms. The van der Waals surface area contributed by atoms with Crippen LogP contribution in [0.2, 0.25) is 0 Å². The van der Waals surface area contributed by atoms with Crippen LogP contribution in [0.4, 0.5) is 17.2 Å². The average Bonchev–Trinajstić information content (AvgIpc) is 3.16. The van der Waals surface area contributed by atoms with Gasteiger partial charge in [-0.05, 0) is 44.5 Å². The van der Waals surface area contributed by atoms with Gasteiger partial charge in [0.25, 0.3) is 0 Å². The van der Waals surface area contributed by atoms with E-state index in [1.165, 1.54) is 0 Å². The van der Waals surface area contributed by atoms with Crippen LogP contribution in [0, 0.1) is 6.92 Å². The van der Waals surface area contributed by atoms with Gasteiger partial charge in [0.2, 0.25) is 0 Å². The van der Waals surface area contributed by atoms with Crippen molar-refractivity contribution in [2.24, 2.45) is 0 Å². The van der Waals surface area contributed by atoms with Gasteiger partial charge in [0.1, 0.15) is 11.7 Å². The molecule has 4 nitrogen and oxygen atoms in total. The third-order valence-corrected chi connectivity index (χ3v) is 5.21. The number of para-hydroxylation sites is 1. The number of hydrogen-bond acceptors (Lipinski definition) is 4. The van der Waals surface area contributed by atoms with Gasteiger partial charge < -0.3 is 14.2 Å². The van der Waals surface area contributed by atoms with Crippen LogP contribution >= 0.6 is 0 Å². The second kappa shape index (κ2) is 5.49. The van der Waals surface area contributed by atoms with Crippen LogP contribution in [0.15, 0.2) is 59.1 Å². The molecule has 0 N–H and O–H groups in total. The van der Waals surface area contributed by atoms with E-state index in [1.54, 1.807) is 18.0 Å². The molecule has 0 fully saturated rings. The summed E-state index contributed by atoms with van der Waals surface area (Å²) in [6, 6.07) is 16.0. The SMILES string of the molecule is [2H]C([2H])(C)N1c2cccnc2N(c2c(C)ccc3c2oc2ccccc23)[C@@H]1C. The first-order valence-electron chi connectivity index (χ1n) is 9.82. The molecule has 0 aliphatic carbocycles. The monoisotopic (exact) mass is 345 g/mol. The highest BCUT2D eigenvalue weighted by Gasteiger charge is 2.36. The van der Waals surface area contributed by atoms with E-state index in [1.807, 2.05) is 37.3 Å². The minimum atomic E-state index is -1.53. The lowest BCUT2D eigenvalue weighted by atomic mass is 10.1. The number of furan rings is 1. The van der Waals surface area contributed by atoms with Gasteiger partial charge in [-0.1, -0.05) is 30.3 Å². The van der Waals surface area contributed by atoms with Crippen LogP contribution in [0.3, 0.4) is 0 Å². The number of nitrogens with zero attached hydrogens (tertiary/aromatic N) is 3. The van der Waals surface area contributed by atoms with Crippen LogP contribution in [-0.4, -0.2) is 17.6 Å². The van der Waals surface area contributed by atoms with Crippen LogP contribution in [0.5, 0.6) is 0 Å². The Hall–Kier alpha value is -3.01. The van der Waals surface area contributed by atoms with Crippen LogP contribution in [0.25, 0.3) is 21.9 Å². The second-order valence-electron chi connectivity index (χ2n) is 6.65. The summed E-state index contributed by atoms with van der Waals surface area (Å²) in [6.07, 6.45) is 1.50. The van der Waals surface area contributed by atoms with Crippen molar-refractivity contribution in [3.05, 3.63) is 60.3 Å². The second-order valence-corrected chi connectivity index (χ2v) is 6.65. The summed E-state index contributed by atoms with van der Waals surface area (Å²) in [4.78, 5) is 8.48. The molecule has 0 amide bonds. The first-order chi connectivity index (χ1) is 13.4. The maximum Gasteiger partial charge on any atom is 0.159 e. The number of anilines is 3. The largest absolute Gasteiger partial charge is 0.454 e. The molecule has 0 radical (unpaired) electrons. The van der Waals surface area contributed by atoms with E-state index in [-0.39, 0.29) is 6.17 Å². The molecule has 0 saturated heterocycles. The number of hydrogen-bond donors (Lipinski definition) is 0. The summed E-state index contributed by atoms with van der Waals surface area (Å²) in [5.41, 5.74) is 4.44. The van der Waals surface area contributed by atoms with Gasteiger partial charge in [0, 0.05) is 26.2 Å². The molecule has 2 aromatic carbocycles. The maximum atomic E-state index is 8.36. The standard InChI is InChI=1S/C22H21N3O/c1-4-24-15(3)25(22-18(24)9-7-13-23-22)20-14(2)11-12-17-16-8-5-6-10-19(16)26-21(17)20/h5-13,15H,4H2,1-3H3/t15-/m1/s1/i4D2. The van der Waals surface area contributed by atoms with Crippen molar-refractivity contribution in [3.8, 4) is 0 Å². The summed E-state index contributed by atoms with van der Waals surface area (Å²) in [5, 5.41) is 2.13. The van der Waals surface area contributed by atoms with E-state index in [9.17, 15) is 0 Å². The van der Waals surface area contributed by atoms with E-state index in [4.69, 9.17) is 7.16 Å². The van der Waals surface area contributed by atoms with Crippen molar-refractivity contribution in [2.45, 2.75) is 26.9 Å². The van der Waals surface area contributed by atoms with Gasteiger partial charge in [-0.25, -0.2) is 4.98 Å². The molecule has 0 unspecified atom stereocenters. The van der Waals surface area contributed by atoms with Crippen molar-refractivity contribution in [1.82, 2.24) is 4.98 Å². The van der Waals surface area contributed by atoms with Gasteiger partial charge >= 0.3 is 0 Å². The molecule has 1 aliphatic rings. The molecule has 2 aromatic heterocycles. The van der Waals surface area contributed by atoms with Gasteiger partial charge in [-0.15, -0.1) is 0 Å². The van der Waals surface area contributed by atoms with Crippen molar-refractivity contribution in [1.29, 1.82) is 0 Å². The van der Waals surface area contributed by atoms with E-state index >= 15 is 0 Å². The minimum absolute atomic E-state index is 0.248. The molecule has 4 aromatic rings. The molecule has 0 saturated carbocycles. The average molecular weight is 345 g/mol. The molecule has 1 atom stereocenters. The minimum Gasteiger partial charge on any atom is -0.454 e. The number of fused-ring (bicyclic) bond motifs is 4. The third-order valence-electron chi connectivity index (χ3n) is 5.21. The summed E-state index contributed by atoms with van der Waals surface area (Å²) >= 11 is 0.